The molecule has 0 spiro atoms. The van der Waals surface area contributed by atoms with Crippen LogP contribution in [0, 0.1) is 5.92 Å². The lowest BCUT2D eigenvalue weighted by Crippen LogP contribution is -2.17. The maximum Gasteiger partial charge on any atom is 0.145 e. The molecule has 3 rings (SSSR count). The molecular weight excluding hydrogens is 212 g/mol. The number of benzene rings is 1. The molecule has 88 valence electrons. The molecule has 0 bridgehead atoms. The van der Waals surface area contributed by atoms with Gasteiger partial charge < -0.3 is 10.6 Å². The fraction of sp³-hybridized carbons (Fsp3) is 0.385. The maximum atomic E-state index is 4.54. The molecule has 1 unspecified atom stereocenters. The minimum Gasteiger partial charge on any atom is -0.368 e. The molecule has 0 saturated carbocycles. The smallest absolute Gasteiger partial charge is 0.145 e. The Bertz CT molecular complexity index is 506. The van der Waals surface area contributed by atoms with Crippen LogP contribution in [-0.4, -0.2) is 29.6 Å². The first-order valence-corrected chi connectivity index (χ1v) is 6.08. The summed E-state index contributed by atoms with van der Waals surface area (Å²) in [5, 5.41) is 6.73. The molecule has 0 radical (unpaired) electrons. The third kappa shape index (κ3) is 2.36. The predicted octanol–water partition coefficient (Wildman–Crippen LogP) is 1.65. The number of rotatable bonds is 3. The van der Waals surface area contributed by atoms with Crippen molar-refractivity contribution < 1.29 is 0 Å². The van der Waals surface area contributed by atoms with Crippen LogP contribution in [0.1, 0.15) is 6.42 Å². The van der Waals surface area contributed by atoms with Crippen molar-refractivity contribution in [2.24, 2.45) is 5.92 Å². The van der Waals surface area contributed by atoms with Gasteiger partial charge in [0.1, 0.15) is 5.82 Å². The van der Waals surface area contributed by atoms with Gasteiger partial charge in [0.05, 0.1) is 17.2 Å². The van der Waals surface area contributed by atoms with Crippen molar-refractivity contribution in [2.45, 2.75) is 6.42 Å². The summed E-state index contributed by atoms with van der Waals surface area (Å²) in [5.41, 5.74) is 1.89. The van der Waals surface area contributed by atoms with E-state index >= 15 is 0 Å². The lowest BCUT2D eigenvalue weighted by atomic mass is 10.1. The lowest BCUT2D eigenvalue weighted by molar-refractivity contribution is 0.614. The Morgan fingerprint density at radius 2 is 2.18 bits per heavy atom. The van der Waals surface area contributed by atoms with Crippen molar-refractivity contribution in [3.63, 3.8) is 0 Å². The van der Waals surface area contributed by atoms with Gasteiger partial charge in [-0.05, 0) is 37.6 Å². The highest BCUT2D eigenvalue weighted by molar-refractivity contribution is 5.75. The summed E-state index contributed by atoms with van der Waals surface area (Å²) in [6, 6.07) is 7.94. The first kappa shape index (κ1) is 10.5. The number of hydrogen-bond acceptors (Lipinski definition) is 4. The van der Waals surface area contributed by atoms with Gasteiger partial charge in [-0.2, -0.15) is 0 Å². The number of para-hydroxylation sites is 2. The quantitative estimate of drug-likeness (QED) is 0.838. The SMILES string of the molecule is c1ccc2nc(NCC3CCNC3)cnc2c1. The van der Waals surface area contributed by atoms with Crippen LogP contribution >= 0.6 is 0 Å². The van der Waals surface area contributed by atoms with E-state index in [1.165, 1.54) is 6.42 Å². The Labute approximate surface area is 100 Å². The van der Waals surface area contributed by atoms with Gasteiger partial charge in [0.25, 0.3) is 0 Å². The van der Waals surface area contributed by atoms with Crippen LogP contribution in [-0.2, 0) is 0 Å². The number of nitrogens with one attached hydrogen (secondary N) is 2. The molecule has 1 atom stereocenters. The van der Waals surface area contributed by atoms with E-state index in [0.717, 1.165) is 36.5 Å². The topological polar surface area (TPSA) is 49.8 Å². The largest absolute Gasteiger partial charge is 0.368 e. The normalized spacial score (nSPS) is 19.6. The van der Waals surface area contributed by atoms with E-state index in [4.69, 9.17) is 0 Å². The zero-order valence-electron chi connectivity index (χ0n) is 9.69. The second-order valence-corrected chi connectivity index (χ2v) is 4.48. The molecule has 2 heterocycles. The molecule has 1 fully saturated rings. The summed E-state index contributed by atoms with van der Waals surface area (Å²) in [7, 11) is 0. The minimum atomic E-state index is 0.711. The van der Waals surface area contributed by atoms with Gasteiger partial charge in [-0.25, -0.2) is 4.98 Å². The molecule has 0 aliphatic carbocycles. The summed E-state index contributed by atoms with van der Waals surface area (Å²) in [6.07, 6.45) is 3.05. The van der Waals surface area contributed by atoms with Gasteiger partial charge in [0.15, 0.2) is 0 Å². The Kier molecular flexibility index (Phi) is 2.88. The van der Waals surface area contributed by atoms with Crippen molar-refractivity contribution >= 4 is 16.9 Å². The summed E-state index contributed by atoms with van der Waals surface area (Å²) in [5.74, 6) is 1.58. The second-order valence-electron chi connectivity index (χ2n) is 4.48. The fourth-order valence-electron chi connectivity index (χ4n) is 2.18. The van der Waals surface area contributed by atoms with Gasteiger partial charge in [-0.3, -0.25) is 4.98 Å². The van der Waals surface area contributed by atoms with Crippen molar-refractivity contribution in [2.75, 3.05) is 25.0 Å². The second kappa shape index (κ2) is 4.67. The van der Waals surface area contributed by atoms with Gasteiger partial charge in [0, 0.05) is 6.54 Å². The van der Waals surface area contributed by atoms with Crippen LogP contribution in [0.15, 0.2) is 30.5 Å². The average molecular weight is 228 g/mol. The van der Waals surface area contributed by atoms with Crippen molar-refractivity contribution in [3.05, 3.63) is 30.5 Å². The minimum absolute atomic E-state index is 0.711. The van der Waals surface area contributed by atoms with Gasteiger partial charge in [-0.15, -0.1) is 0 Å². The van der Waals surface area contributed by atoms with Crippen LogP contribution in [0.2, 0.25) is 0 Å². The number of aromatic nitrogens is 2. The van der Waals surface area contributed by atoms with E-state index in [2.05, 4.69) is 20.6 Å². The Morgan fingerprint density at radius 3 is 3.00 bits per heavy atom. The molecule has 4 heteroatoms. The Balaban J connectivity index is 1.72. The highest BCUT2D eigenvalue weighted by atomic mass is 15.0. The zero-order valence-corrected chi connectivity index (χ0v) is 9.69. The number of fused-ring (bicyclic) bond motifs is 1. The molecule has 17 heavy (non-hydrogen) atoms. The molecule has 1 saturated heterocycles. The molecule has 2 aromatic rings. The molecule has 1 aliphatic rings. The van der Waals surface area contributed by atoms with Crippen LogP contribution in [0.4, 0.5) is 5.82 Å². The molecule has 1 aliphatic heterocycles. The predicted molar refractivity (Wildman–Crippen MR) is 69.0 cm³/mol. The Hall–Kier alpha value is -1.68. The molecule has 2 N–H and O–H groups in total. The standard InChI is InChI=1S/C13H16N4/c1-2-4-12-11(3-1)15-9-13(17-12)16-8-10-5-6-14-7-10/h1-4,9-10,14H,5-8H2,(H,16,17). The third-order valence-corrected chi connectivity index (χ3v) is 3.18. The summed E-state index contributed by atoms with van der Waals surface area (Å²) >= 11 is 0. The van der Waals surface area contributed by atoms with E-state index in [0.29, 0.717) is 5.92 Å². The van der Waals surface area contributed by atoms with E-state index in [-0.39, 0.29) is 0 Å². The third-order valence-electron chi connectivity index (χ3n) is 3.18. The van der Waals surface area contributed by atoms with Crippen LogP contribution < -0.4 is 10.6 Å². The number of hydrogen-bond donors (Lipinski definition) is 2. The molecule has 4 nitrogen and oxygen atoms in total. The first-order valence-electron chi connectivity index (χ1n) is 6.08. The Morgan fingerprint density at radius 1 is 1.29 bits per heavy atom. The van der Waals surface area contributed by atoms with E-state index in [1.54, 1.807) is 0 Å². The summed E-state index contributed by atoms with van der Waals surface area (Å²) < 4.78 is 0. The monoisotopic (exact) mass is 228 g/mol. The summed E-state index contributed by atoms with van der Waals surface area (Å²) in [6.45, 7) is 3.21. The van der Waals surface area contributed by atoms with Crippen molar-refractivity contribution in [1.82, 2.24) is 15.3 Å². The first-order chi connectivity index (χ1) is 8.42. The molecular formula is C13H16N4. The maximum absolute atomic E-state index is 4.54. The van der Waals surface area contributed by atoms with Crippen LogP contribution in [0.3, 0.4) is 0 Å². The fourth-order valence-corrected chi connectivity index (χ4v) is 2.18. The van der Waals surface area contributed by atoms with Crippen LogP contribution in [0.5, 0.6) is 0 Å². The van der Waals surface area contributed by atoms with E-state index < -0.39 is 0 Å². The number of nitrogens with zero attached hydrogens (tertiary/aromatic N) is 2. The van der Waals surface area contributed by atoms with Gasteiger partial charge in [0.2, 0.25) is 0 Å². The van der Waals surface area contributed by atoms with Crippen molar-refractivity contribution in [1.29, 1.82) is 0 Å². The van der Waals surface area contributed by atoms with Crippen LogP contribution in [0.25, 0.3) is 11.0 Å². The zero-order chi connectivity index (χ0) is 11.5. The highest BCUT2D eigenvalue weighted by Gasteiger charge is 2.13. The average Bonchev–Trinajstić information content (AvgIpc) is 2.89. The lowest BCUT2D eigenvalue weighted by Gasteiger charge is -2.10. The van der Waals surface area contributed by atoms with E-state index in [9.17, 15) is 0 Å². The molecule has 1 aromatic heterocycles. The summed E-state index contributed by atoms with van der Waals surface area (Å²) in [4.78, 5) is 8.93. The highest BCUT2D eigenvalue weighted by Crippen LogP contribution is 2.13. The van der Waals surface area contributed by atoms with Crippen molar-refractivity contribution in [3.8, 4) is 0 Å². The molecule has 1 aromatic carbocycles. The molecule has 0 amide bonds. The number of anilines is 1. The van der Waals surface area contributed by atoms with E-state index in [1.807, 2.05) is 30.5 Å². The van der Waals surface area contributed by atoms with Gasteiger partial charge in [-0.1, -0.05) is 12.1 Å². The van der Waals surface area contributed by atoms with Gasteiger partial charge >= 0.3 is 0 Å².